The van der Waals surface area contributed by atoms with Crippen molar-refractivity contribution < 1.29 is 0 Å². The number of nitrogens with two attached hydrogens (primary N) is 1. The quantitative estimate of drug-likeness (QED) is 0.749. The average molecular weight is 219 g/mol. The Morgan fingerprint density at radius 3 is 2.87 bits per heavy atom. The number of aromatic nitrogens is 4. The smallest absolute Gasteiger partial charge is 0.156 e. The molecule has 2 aromatic heterocycles. The van der Waals surface area contributed by atoms with Gasteiger partial charge in [0.1, 0.15) is 17.6 Å². The highest BCUT2D eigenvalue weighted by Crippen LogP contribution is 2.08. The third kappa shape index (κ3) is 1.99. The predicted molar refractivity (Wildman–Crippen MR) is 59.8 cm³/mol. The van der Waals surface area contributed by atoms with Crippen molar-refractivity contribution in [1.82, 2.24) is 19.7 Å². The summed E-state index contributed by atoms with van der Waals surface area (Å²) in [6.07, 6.45) is 3.02. The molecule has 15 heavy (non-hydrogen) atoms. The maximum absolute atomic E-state index is 5.56. The zero-order valence-electron chi connectivity index (χ0n) is 8.08. The van der Waals surface area contributed by atoms with E-state index in [2.05, 4.69) is 15.1 Å². The van der Waals surface area contributed by atoms with E-state index in [1.165, 1.54) is 6.33 Å². The summed E-state index contributed by atoms with van der Waals surface area (Å²) in [6.45, 7) is 1.88. The first-order valence-electron chi connectivity index (χ1n) is 4.30. The van der Waals surface area contributed by atoms with E-state index in [9.17, 15) is 0 Å². The van der Waals surface area contributed by atoms with E-state index >= 15 is 0 Å². The molecule has 0 radical (unpaired) electrons. The van der Waals surface area contributed by atoms with Gasteiger partial charge in [-0.05, 0) is 19.1 Å². The number of hydrogen-bond donors (Lipinski definition) is 1. The molecule has 76 valence electrons. The predicted octanol–water partition coefficient (Wildman–Crippen LogP) is 0.605. The summed E-state index contributed by atoms with van der Waals surface area (Å²) in [5.41, 5.74) is 7.18. The van der Waals surface area contributed by atoms with Crippen molar-refractivity contribution in [3.05, 3.63) is 36.0 Å². The van der Waals surface area contributed by atoms with Crippen molar-refractivity contribution in [1.29, 1.82) is 0 Å². The minimum absolute atomic E-state index is 0.349. The molecule has 0 amide bonds. The van der Waals surface area contributed by atoms with E-state index in [4.69, 9.17) is 18.0 Å². The average Bonchev–Trinajstić information content (AvgIpc) is 2.69. The van der Waals surface area contributed by atoms with Crippen LogP contribution in [0.4, 0.5) is 0 Å². The highest BCUT2D eigenvalue weighted by Gasteiger charge is 2.04. The highest BCUT2D eigenvalue weighted by atomic mass is 32.1. The minimum Gasteiger partial charge on any atom is -0.389 e. The van der Waals surface area contributed by atoms with Crippen LogP contribution in [0.1, 0.15) is 11.3 Å². The molecule has 0 aromatic carbocycles. The van der Waals surface area contributed by atoms with Gasteiger partial charge < -0.3 is 5.73 Å². The molecule has 2 N–H and O–H groups in total. The SMILES string of the molecule is Cc1cc(C(N)=S)cc(-n2cncn2)n1. The second kappa shape index (κ2) is 3.74. The first-order chi connectivity index (χ1) is 7.16. The Balaban J connectivity index is 2.54. The lowest BCUT2D eigenvalue weighted by molar-refractivity contribution is 0.838. The normalized spacial score (nSPS) is 10.2. The molecule has 0 aliphatic heterocycles. The van der Waals surface area contributed by atoms with Crippen LogP contribution >= 0.6 is 12.2 Å². The van der Waals surface area contributed by atoms with Crippen LogP contribution < -0.4 is 5.73 Å². The van der Waals surface area contributed by atoms with Crippen molar-refractivity contribution in [3.63, 3.8) is 0 Å². The van der Waals surface area contributed by atoms with Crippen LogP contribution in [0.25, 0.3) is 5.82 Å². The monoisotopic (exact) mass is 219 g/mol. The van der Waals surface area contributed by atoms with E-state index in [0.29, 0.717) is 10.8 Å². The van der Waals surface area contributed by atoms with Gasteiger partial charge in [0.05, 0.1) is 0 Å². The third-order valence-corrected chi connectivity index (χ3v) is 2.11. The molecule has 0 aliphatic carbocycles. The summed E-state index contributed by atoms with van der Waals surface area (Å²) in [6, 6.07) is 3.62. The van der Waals surface area contributed by atoms with Crippen molar-refractivity contribution in [2.45, 2.75) is 6.92 Å². The van der Waals surface area contributed by atoms with Crippen LogP contribution in [0, 0.1) is 6.92 Å². The second-order valence-corrected chi connectivity index (χ2v) is 3.50. The molecule has 2 heterocycles. The fraction of sp³-hybridized carbons (Fsp3) is 0.111. The maximum atomic E-state index is 5.56. The summed E-state index contributed by atoms with van der Waals surface area (Å²) < 4.78 is 1.56. The van der Waals surface area contributed by atoms with E-state index in [0.717, 1.165) is 11.3 Å². The van der Waals surface area contributed by atoms with Crippen molar-refractivity contribution in [3.8, 4) is 5.82 Å². The number of pyridine rings is 1. The minimum atomic E-state index is 0.349. The number of rotatable bonds is 2. The summed E-state index contributed by atoms with van der Waals surface area (Å²) in [4.78, 5) is 8.50. The molecule has 0 unspecified atom stereocenters. The Hall–Kier alpha value is -1.82. The number of hydrogen-bond acceptors (Lipinski definition) is 4. The van der Waals surface area contributed by atoms with Gasteiger partial charge in [0, 0.05) is 11.3 Å². The molecule has 0 saturated heterocycles. The third-order valence-electron chi connectivity index (χ3n) is 1.88. The molecular formula is C9H9N5S. The van der Waals surface area contributed by atoms with Gasteiger partial charge in [-0.25, -0.2) is 14.6 Å². The standard InChI is InChI=1S/C9H9N5S/c1-6-2-7(9(10)15)3-8(13-6)14-5-11-4-12-14/h2-5H,1H3,(H2,10,15). The zero-order valence-corrected chi connectivity index (χ0v) is 8.90. The Kier molecular flexibility index (Phi) is 2.42. The van der Waals surface area contributed by atoms with Gasteiger partial charge in [-0.1, -0.05) is 12.2 Å². The van der Waals surface area contributed by atoms with E-state index in [-0.39, 0.29) is 0 Å². The first kappa shape index (κ1) is 9.72. The second-order valence-electron chi connectivity index (χ2n) is 3.06. The topological polar surface area (TPSA) is 69.6 Å². The molecule has 0 saturated carbocycles. The zero-order chi connectivity index (χ0) is 10.8. The summed E-state index contributed by atoms with van der Waals surface area (Å²) >= 11 is 4.92. The molecule has 5 nitrogen and oxygen atoms in total. The van der Waals surface area contributed by atoms with E-state index in [1.54, 1.807) is 17.1 Å². The Labute approximate surface area is 92.0 Å². The fourth-order valence-corrected chi connectivity index (χ4v) is 1.36. The summed E-state index contributed by atoms with van der Waals surface area (Å²) in [5.74, 6) is 0.662. The molecule has 0 bridgehead atoms. The molecule has 0 spiro atoms. The van der Waals surface area contributed by atoms with Crippen LogP contribution in [-0.4, -0.2) is 24.7 Å². The number of thiocarbonyl (C=S) groups is 1. The first-order valence-corrected chi connectivity index (χ1v) is 4.71. The fourth-order valence-electron chi connectivity index (χ4n) is 1.24. The molecule has 2 aromatic rings. The van der Waals surface area contributed by atoms with Gasteiger partial charge in [0.25, 0.3) is 0 Å². The Morgan fingerprint density at radius 1 is 1.47 bits per heavy atom. The molecule has 2 rings (SSSR count). The van der Waals surface area contributed by atoms with Crippen LogP contribution in [0.5, 0.6) is 0 Å². The number of nitrogens with zero attached hydrogens (tertiary/aromatic N) is 4. The summed E-state index contributed by atoms with van der Waals surface area (Å²) in [5, 5.41) is 3.99. The van der Waals surface area contributed by atoms with Crippen molar-refractivity contribution >= 4 is 17.2 Å². The lowest BCUT2D eigenvalue weighted by atomic mass is 10.2. The van der Waals surface area contributed by atoms with Crippen molar-refractivity contribution in [2.75, 3.05) is 0 Å². The van der Waals surface area contributed by atoms with Crippen LogP contribution in [0.2, 0.25) is 0 Å². The maximum Gasteiger partial charge on any atom is 0.156 e. The Bertz CT molecular complexity index is 491. The molecule has 6 heteroatoms. The largest absolute Gasteiger partial charge is 0.389 e. The molecular weight excluding hydrogens is 210 g/mol. The molecule has 0 aliphatic rings. The Morgan fingerprint density at radius 2 is 2.27 bits per heavy atom. The highest BCUT2D eigenvalue weighted by molar-refractivity contribution is 7.80. The van der Waals surface area contributed by atoms with Gasteiger partial charge in [0.2, 0.25) is 0 Å². The molecule has 0 fully saturated rings. The van der Waals surface area contributed by atoms with Crippen LogP contribution in [0.15, 0.2) is 24.8 Å². The summed E-state index contributed by atoms with van der Waals surface area (Å²) in [7, 11) is 0. The van der Waals surface area contributed by atoms with Gasteiger partial charge in [-0.3, -0.25) is 0 Å². The lowest BCUT2D eigenvalue weighted by Crippen LogP contribution is -2.11. The van der Waals surface area contributed by atoms with Crippen molar-refractivity contribution in [2.24, 2.45) is 5.73 Å². The number of aryl methyl sites for hydroxylation is 1. The molecule has 0 atom stereocenters. The van der Waals surface area contributed by atoms with Gasteiger partial charge in [-0.15, -0.1) is 0 Å². The van der Waals surface area contributed by atoms with Crippen LogP contribution in [0.3, 0.4) is 0 Å². The van der Waals surface area contributed by atoms with E-state index < -0.39 is 0 Å². The lowest BCUT2D eigenvalue weighted by Gasteiger charge is -2.04. The van der Waals surface area contributed by atoms with Gasteiger partial charge in [-0.2, -0.15) is 5.10 Å². The van der Waals surface area contributed by atoms with Crippen LogP contribution in [-0.2, 0) is 0 Å². The van der Waals surface area contributed by atoms with E-state index in [1.807, 2.05) is 13.0 Å². The van der Waals surface area contributed by atoms with Gasteiger partial charge in [0.15, 0.2) is 5.82 Å². The van der Waals surface area contributed by atoms with Gasteiger partial charge >= 0.3 is 0 Å².